The second-order valence-electron chi connectivity index (χ2n) is 3.35. The Bertz CT molecular complexity index is 400. The van der Waals surface area contributed by atoms with Gasteiger partial charge in [-0.2, -0.15) is 0 Å². The molecule has 16 heavy (non-hydrogen) atoms. The molecule has 0 radical (unpaired) electrons. The summed E-state index contributed by atoms with van der Waals surface area (Å²) in [6.45, 7) is 0. The molecule has 0 heterocycles. The van der Waals surface area contributed by atoms with Gasteiger partial charge >= 0.3 is 0 Å². The number of aliphatic hydroxyl groups is 2. The Balaban J connectivity index is 2.87. The van der Waals surface area contributed by atoms with Gasteiger partial charge in [-0.25, -0.2) is 4.39 Å². The topological polar surface area (TPSA) is 83.6 Å². The highest BCUT2D eigenvalue weighted by Gasteiger charge is 2.22. The molecule has 4 N–H and O–H groups in total. The van der Waals surface area contributed by atoms with Crippen molar-refractivity contribution in [2.24, 2.45) is 5.73 Å². The second-order valence-corrected chi connectivity index (χ2v) is 3.76. The first-order valence-electron chi connectivity index (χ1n) is 4.51. The van der Waals surface area contributed by atoms with Crippen molar-refractivity contribution in [2.45, 2.75) is 18.6 Å². The largest absolute Gasteiger partial charge is 0.390 e. The van der Waals surface area contributed by atoms with Crippen LogP contribution in [0.4, 0.5) is 4.39 Å². The maximum Gasteiger partial charge on any atom is 0.220 e. The lowest BCUT2D eigenvalue weighted by molar-refractivity contribution is -0.121. The van der Waals surface area contributed by atoms with E-state index in [-0.39, 0.29) is 10.6 Å². The number of nitrogens with two attached hydrogens (primary N) is 1. The zero-order valence-electron chi connectivity index (χ0n) is 8.23. The SMILES string of the molecule is NC(=O)CC(O)C(O)c1ccc(F)cc1Cl. The fourth-order valence-corrected chi connectivity index (χ4v) is 1.55. The summed E-state index contributed by atoms with van der Waals surface area (Å²) in [5.74, 6) is -1.30. The van der Waals surface area contributed by atoms with Gasteiger partial charge in [-0.15, -0.1) is 0 Å². The Morgan fingerprint density at radius 2 is 2.12 bits per heavy atom. The number of primary amides is 1. The van der Waals surface area contributed by atoms with Crippen molar-refractivity contribution in [3.8, 4) is 0 Å². The first kappa shape index (κ1) is 12.9. The number of rotatable bonds is 4. The molecule has 0 aromatic heterocycles. The van der Waals surface area contributed by atoms with Crippen LogP contribution in [0.2, 0.25) is 5.02 Å². The molecule has 0 spiro atoms. The molecule has 0 bridgehead atoms. The number of amides is 1. The van der Waals surface area contributed by atoms with Gasteiger partial charge in [0.25, 0.3) is 0 Å². The van der Waals surface area contributed by atoms with Gasteiger partial charge in [0.05, 0.1) is 12.5 Å². The Hall–Kier alpha value is -1.17. The van der Waals surface area contributed by atoms with E-state index in [0.717, 1.165) is 12.1 Å². The Kier molecular flexibility index (Phi) is 4.23. The van der Waals surface area contributed by atoms with E-state index in [4.69, 9.17) is 17.3 Å². The first-order chi connectivity index (χ1) is 7.41. The molecule has 1 aromatic rings. The third kappa shape index (κ3) is 3.16. The molecule has 0 aliphatic rings. The van der Waals surface area contributed by atoms with Gasteiger partial charge < -0.3 is 15.9 Å². The Morgan fingerprint density at radius 3 is 2.62 bits per heavy atom. The van der Waals surface area contributed by atoms with Crippen LogP contribution in [0, 0.1) is 5.82 Å². The summed E-state index contributed by atoms with van der Waals surface area (Å²) < 4.78 is 12.7. The molecule has 2 unspecified atom stereocenters. The number of carbonyl (C=O) groups is 1. The highest BCUT2D eigenvalue weighted by Crippen LogP contribution is 2.26. The van der Waals surface area contributed by atoms with E-state index in [1.807, 2.05) is 0 Å². The maximum atomic E-state index is 12.7. The van der Waals surface area contributed by atoms with Gasteiger partial charge in [0, 0.05) is 10.6 Å². The second kappa shape index (κ2) is 5.25. The zero-order chi connectivity index (χ0) is 12.3. The smallest absolute Gasteiger partial charge is 0.220 e. The average molecular weight is 248 g/mol. The minimum absolute atomic E-state index is 0.0176. The monoisotopic (exact) mass is 247 g/mol. The van der Waals surface area contributed by atoms with Crippen LogP contribution >= 0.6 is 11.6 Å². The van der Waals surface area contributed by atoms with E-state index in [0.29, 0.717) is 0 Å². The molecule has 6 heteroatoms. The van der Waals surface area contributed by atoms with Crippen LogP contribution in [0.1, 0.15) is 18.1 Å². The van der Waals surface area contributed by atoms with Crippen molar-refractivity contribution in [2.75, 3.05) is 0 Å². The number of hydrogen-bond acceptors (Lipinski definition) is 3. The number of hydrogen-bond donors (Lipinski definition) is 3. The Labute approximate surface area is 96.4 Å². The number of benzene rings is 1. The van der Waals surface area contributed by atoms with Gasteiger partial charge in [-0.3, -0.25) is 4.79 Å². The first-order valence-corrected chi connectivity index (χ1v) is 4.89. The molecule has 0 aliphatic heterocycles. The molecule has 1 amide bonds. The highest BCUT2D eigenvalue weighted by molar-refractivity contribution is 6.31. The quantitative estimate of drug-likeness (QED) is 0.734. The molecular weight excluding hydrogens is 237 g/mol. The van der Waals surface area contributed by atoms with E-state index in [9.17, 15) is 19.4 Å². The number of aliphatic hydroxyl groups excluding tert-OH is 2. The fraction of sp³-hybridized carbons (Fsp3) is 0.300. The standard InChI is InChI=1S/C10H11ClFNO3/c11-7-3-5(12)1-2-6(7)10(16)8(14)4-9(13)15/h1-3,8,10,14,16H,4H2,(H2,13,15). The number of carbonyl (C=O) groups excluding carboxylic acids is 1. The minimum Gasteiger partial charge on any atom is -0.390 e. The van der Waals surface area contributed by atoms with Gasteiger partial charge in [-0.1, -0.05) is 17.7 Å². The molecular formula is C10H11ClFNO3. The summed E-state index contributed by atoms with van der Waals surface area (Å²) in [6, 6.07) is 3.35. The molecule has 1 rings (SSSR count). The molecule has 0 fully saturated rings. The van der Waals surface area contributed by atoms with Crippen molar-refractivity contribution in [3.63, 3.8) is 0 Å². The lowest BCUT2D eigenvalue weighted by atomic mass is 10.0. The van der Waals surface area contributed by atoms with Crippen molar-refractivity contribution >= 4 is 17.5 Å². The van der Waals surface area contributed by atoms with Crippen LogP contribution in [0.15, 0.2) is 18.2 Å². The molecule has 0 saturated carbocycles. The molecule has 1 aromatic carbocycles. The predicted molar refractivity (Wildman–Crippen MR) is 56.2 cm³/mol. The van der Waals surface area contributed by atoms with Crippen molar-refractivity contribution < 1.29 is 19.4 Å². The van der Waals surface area contributed by atoms with Gasteiger partial charge in [0.2, 0.25) is 5.91 Å². The number of halogens is 2. The normalized spacial score (nSPS) is 14.5. The molecule has 88 valence electrons. The highest BCUT2D eigenvalue weighted by atomic mass is 35.5. The zero-order valence-corrected chi connectivity index (χ0v) is 8.99. The molecule has 2 atom stereocenters. The predicted octanol–water partition coefficient (Wildman–Crippen LogP) is 0.749. The van der Waals surface area contributed by atoms with Crippen molar-refractivity contribution in [1.29, 1.82) is 0 Å². The van der Waals surface area contributed by atoms with E-state index < -0.39 is 30.4 Å². The van der Waals surface area contributed by atoms with Gasteiger partial charge in [-0.05, 0) is 12.1 Å². The minimum atomic E-state index is -1.37. The van der Waals surface area contributed by atoms with Gasteiger partial charge in [0.15, 0.2) is 0 Å². The summed E-state index contributed by atoms with van der Waals surface area (Å²) in [7, 11) is 0. The average Bonchev–Trinajstić information content (AvgIpc) is 2.15. The lowest BCUT2D eigenvalue weighted by Crippen LogP contribution is -2.25. The molecule has 0 saturated heterocycles. The summed E-state index contributed by atoms with van der Waals surface area (Å²) in [4.78, 5) is 10.5. The summed E-state index contributed by atoms with van der Waals surface area (Å²) >= 11 is 5.68. The Morgan fingerprint density at radius 1 is 1.50 bits per heavy atom. The maximum absolute atomic E-state index is 12.7. The van der Waals surface area contributed by atoms with E-state index >= 15 is 0 Å². The third-order valence-corrected chi connectivity index (χ3v) is 2.38. The summed E-state index contributed by atoms with van der Waals surface area (Å²) in [5, 5.41) is 19.1. The molecule has 4 nitrogen and oxygen atoms in total. The van der Waals surface area contributed by atoms with Crippen LogP contribution in [0.25, 0.3) is 0 Å². The van der Waals surface area contributed by atoms with Crippen molar-refractivity contribution in [3.05, 3.63) is 34.6 Å². The lowest BCUT2D eigenvalue weighted by Gasteiger charge is -2.17. The van der Waals surface area contributed by atoms with E-state index in [1.165, 1.54) is 6.07 Å². The third-order valence-electron chi connectivity index (χ3n) is 2.06. The van der Waals surface area contributed by atoms with Crippen LogP contribution in [0.5, 0.6) is 0 Å². The fourth-order valence-electron chi connectivity index (χ4n) is 1.27. The van der Waals surface area contributed by atoms with E-state index in [1.54, 1.807) is 0 Å². The molecule has 0 aliphatic carbocycles. The summed E-state index contributed by atoms with van der Waals surface area (Å²) in [5.41, 5.74) is 5.02. The summed E-state index contributed by atoms with van der Waals surface area (Å²) in [6.07, 6.45) is -3.13. The van der Waals surface area contributed by atoms with Crippen LogP contribution in [-0.4, -0.2) is 22.2 Å². The van der Waals surface area contributed by atoms with Crippen LogP contribution < -0.4 is 5.73 Å². The van der Waals surface area contributed by atoms with Crippen molar-refractivity contribution in [1.82, 2.24) is 0 Å². The van der Waals surface area contributed by atoms with Gasteiger partial charge in [0.1, 0.15) is 11.9 Å². The van der Waals surface area contributed by atoms with E-state index in [2.05, 4.69) is 0 Å². The van der Waals surface area contributed by atoms with Crippen LogP contribution in [-0.2, 0) is 4.79 Å². The van der Waals surface area contributed by atoms with Crippen LogP contribution in [0.3, 0.4) is 0 Å².